The number of aromatic nitrogens is 2. The SMILES string of the molecule is COCCN(CCCCc1ccc([N+](=O)[O-])cc1)CCNc1cc(=O)n(C)c(=O)n1C. The molecule has 0 radical (unpaired) electrons. The number of nitrogens with zero attached hydrogens (tertiary/aromatic N) is 4. The number of aryl methyl sites for hydroxylation is 1. The number of benzene rings is 1. The molecule has 2 aromatic rings. The van der Waals surface area contributed by atoms with Gasteiger partial charge in [-0.15, -0.1) is 0 Å². The van der Waals surface area contributed by atoms with E-state index in [1.807, 2.05) is 0 Å². The lowest BCUT2D eigenvalue weighted by molar-refractivity contribution is -0.384. The Morgan fingerprint density at radius 2 is 1.77 bits per heavy atom. The van der Waals surface area contributed by atoms with Gasteiger partial charge in [0.05, 0.1) is 11.5 Å². The molecule has 0 saturated carbocycles. The molecule has 170 valence electrons. The van der Waals surface area contributed by atoms with Crippen LogP contribution >= 0.6 is 0 Å². The monoisotopic (exact) mass is 433 g/mol. The normalized spacial score (nSPS) is 11.1. The molecule has 0 spiro atoms. The molecule has 0 aliphatic carbocycles. The Bertz CT molecular complexity index is 968. The van der Waals surface area contributed by atoms with E-state index in [9.17, 15) is 19.7 Å². The number of nitrogens with one attached hydrogen (secondary N) is 1. The zero-order valence-electron chi connectivity index (χ0n) is 18.4. The Morgan fingerprint density at radius 1 is 1.06 bits per heavy atom. The molecule has 0 amide bonds. The first-order chi connectivity index (χ1) is 14.8. The Hall–Kier alpha value is -2.98. The Kier molecular flexibility index (Phi) is 9.41. The molecule has 10 nitrogen and oxygen atoms in total. The van der Waals surface area contributed by atoms with Crippen molar-refractivity contribution in [2.24, 2.45) is 14.1 Å². The van der Waals surface area contributed by atoms with Crippen LogP contribution in [0.4, 0.5) is 11.5 Å². The van der Waals surface area contributed by atoms with Crippen LogP contribution < -0.4 is 16.6 Å². The second kappa shape index (κ2) is 12.0. The Labute approximate surface area is 181 Å². The fourth-order valence-corrected chi connectivity index (χ4v) is 3.25. The molecule has 0 aliphatic heterocycles. The lowest BCUT2D eigenvalue weighted by Gasteiger charge is -2.22. The second-order valence-electron chi connectivity index (χ2n) is 7.41. The van der Waals surface area contributed by atoms with Gasteiger partial charge in [0.15, 0.2) is 0 Å². The van der Waals surface area contributed by atoms with Gasteiger partial charge in [-0.05, 0) is 31.4 Å². The zero-order valence-corrected chi connectivity index (χ0v) is 18.4. The van der Waals surface area contributed by atoms with Gasteiger partial charge in [-0.2, -0.15) is 0 Å². The van der Waals surface area contributed by atoms with Crippen LogP contribution in [0.5, 0.6) is 0 Å². The van der Waals surface area contributed by atoms with Gasteiger partial charge in [-0.25, -0.2) is 4.79 Å². The first-order valence-electron chi connectivity index (χ1n) is 10.3. The van der Waals surface area contributed by atoms with Crippen molar-refractivity contribution in [3.63, 3.8) is 0 Å². The summed E-state index contributed by atoms with van der Waals surface area (Å²) in [6.45, 7) is 3.61. The van der Waals surface area contributed by atoms with Crippen LogP contribution in [-0.4, -0.2) is 58.9 Å². The minimum Gasteiger partial charge on any atom is -0.383 e. The van der Waals surface area contributed by atoms with Crippen molar-refractivity contribution in [3.05, 3.63) is 66.8 Å². The molecular formula is C21H31N5O5. The summed E-state index contributed by atoms with van der Waals surface area (Å²) in [5, 5.41) is 13.9. The fraction of sp³-hybridized carbons (Fsp3) is 0.524. The number of nitro benzene ring substituents is 1. The van der Waals surface area contributed by atoms with Gasteiger partial charge in [0, 0.05) is 59.0 Å². The third kappa shape index (κ3) is 7.34. The summed E-state index contributed by atoms with van der Waals surface area (Å²) in [7, 11) is 4.75. The zero-order chi connectivity index (χ0) is 22.8. The van der Waals surface area contributed by atoms with Gasteiger partial charge in [-0.1, -0.05) is 12.1 Å². The van der Waals surface area contributed by atoms with E-state index in [0.29, 0.717) is 19.0 Å². The van der Waals surface area contributed by atoms with Crippen LogP contribution in [0.1, 0.15) is 18.4 Å². The van der Waals surface area contributed by atoms with E-state index in [0.717, 1.165) is 49.0 Å². The van der Waals surface area contributed by atoms with Crippen LogP contribution in [-0.2, 0) is 25.3 Å². The first-order valence-corrected chi connectivity index (χ1v) is 10.3. The standard InChI is InChI=1S/C21H31N5O5/c1-23-19(16-20(27)24(2)21(23)28)22-11-13-25(14-15-31-3)12-5-4-6-17-7-9-18(10-8-17)26(29)30/h7-10,16,22H,4-6,11-15H2,1-3H3. The number of non-ortho nitro benzene ring substituents is 1. The summed E-state index contributed by atoms with van der Waals surface area (Å²) in [5.41, 5.74) is 0.489. The topological polar surface area (TPSA) is 112 Å². The van der Waals surface area contributed by atoms with Crippen molar-refractivity contribution in [3.8, 4) is 0 Å². The molecule has 0 aliphatic rings. The van der Waals surface area contributed by atoms with E-state index >= 15 is 0 Å². The van der Waals surface area contributed by atoms with Crippen LogP contribution in [0.3, 0.4) is 0 Å². The molecular weight excluding hydrogens is 402 g/mol. The quantitative estimate of drug-likeness (QED) is 0.288. The van der Waals surface area contributed by atoms with Crippen molar-refractivity contribution in [2.45, 2.75) is 19.3 Å². The number of hydrogen-bond acceptors (Lipinski definition) is 7. The smallest absolute Gasteiger partial charge is 0.332 e. The number of rotatable bonds is 13. The number of anilines is 1. The molecule has 1 aromatic carbocycles. The maximum absolute atomic E-state index is 12.0. The average molecular weight is 434 g/mol. The van der Waals surface area contributed by atoms with E-state index in [1.165, 1.54) is 29.8 Å². The van der Waals surface area contributed by atoms with Crippen molar-refractivity contribution in [1.82, 2.24) is 14.0 Å². The number of ether oxygens (including phenoxy) is 1. The van der Waals surface area contributed by atoms with Gasteiger partial charge < -0.3 is 10.1 Å². The summed E-state index contributed by atoms with van der Waals surface area (Å²) in [4.78, 5) is 36.5. The number of nitro groups is 1. The number of hydrogen-bond donors (Lipinski definition) is 1. The average Bonchev–Trinajstić information content (AvgIpc) is 2.76. The molecule has 0 bridgehead atoms. The lowest BCUT2D eigenvalue weighted by atomic mass is 10.1. The maximum atomic E-state index is 12.0. The van der Waals surface area contributed by atoms with Crippen LogP contribution in [0.2, 0.25) is 0 Å². The highest BCUT2D eigenvalue weighted by atomic mass is 16.6. The fourth-order valence-electron chi connectivity index (χ4n) is 3.25. The van der Waals surface area contributed by atoms with Gasteiger partial charge in [-0.3, -0.25) is 28.9 Å². The molecule has 1 N–H and O–H groups in total. The van der Waals surface area contributed by atoms with Gasteiger partial charge in [0.1, 0.15) is 5.82 Å². The van der Waals surface area contributed by atoms with E-state index in [-0.39, 0.29) is 16.9 Å². The van der Waals surface area contributed by atoms with E-state index < -0.39 is 4.92 Å². The summed E-state index contributed by atoms with van der Waals surface area (Å²) in [5.74, 6) is 0.498. The van der Waals surface area contributed by atoms with Crippen molar-refractivity contribution < 1.29 is 9.66 Å². The number of methoxy groups -OCH3 is 1. The summed E-state index contributed by atoms with van der Waals surface area (Å²) in [6.07, 6.45) is 2.81. The van der Waals surface area contributed by atoms with E-state index in [2.05, 4.69) is 10.2 Å². The predicted molar refractivity (Wildman–Crippen MR) is 120 cm³/mol. The van der Waals surface area contributed by atoms with E-state index in [4.69, 9.17) is 4.74 Å². The molecule has 2 rings (SSSR count). The highest BCUT2D eigenvalue weighted by Crippen LogP contribution is 2.13. The number of unbranched alkanes of at least 4 members (excludes halogenated alkanes) is 1. The molecule has 0 saturated heterocycles. The minimum atomic E-state index is -0.392. The Morgan fingerprint density at radius 3 is 2.42 bits per heavy atom. The van der Waals surface area contributed by atoms with Crippen molar-refractivity contribution >= 4 is 11.5 Å². The third-order valence-corrected chi connectivity index (χ3v) is 5.21. The van der Waals surface area contributed by atoms with Crippen molar-refractivity contribution in [2.75, 3.05) is 45.2 Å². The maximum Gasteiger partial charge on any atom is 0.332 e. The van der Waals surface area contributed by atoms with Gasteiger partial charge >= 0.3 is 5.69 Å². The summed E-state index contributed by atoms with van der Waals surface area (Å²) < 4.78 is 7.69. The molecule has 0 unspecified atom stereocenters. The minimum absolute atomic E-state index is 0.107. The molecule has 1 heterocycles. The van der Waals surface area contributed by atoms with E-state index in [1.54, 1.807) is 26.3 Å². The highest BCUT2D eigenvalue weighted by molar-refractivity contribution is 5.34. The third-order valence-electron chi connectivity index (χ3n) is 5.21. The molecule has 0 fully saturated rings. The first kappa shape index (κ1) is 24.3. The Balaban J connectivity index is 1.81. The lowest BCUT2D eigenvalue weighted by Crippen LogP contribution is -2.38. The van der Waals surface area contributed by atoms with Crippen LogP contribution in [0.15, 0.2) is 39.9 Å². The molecule has 10 heteroatoms. The second-order valence-corrected chi connectivity index (χ2v) is 7.41. The molecule has 1 aromatic heterocycles. The molecule has 31 heavy (non-hydrogen) atoms. The molecule has 0 atom stereocenters. The predicted octanol–water partition coefficient (Wildman–Crippen LogP) is 1.38. The highest BCUT2D eigenvalue weighted by Gasteiger charge is 2.08. The van der Waals surface area contributed by atoms with Crippen molar-refractivity contribution in [1.29, 1.82) is 0 Å². The summed E-state index contributed by atoms with van der Waals surface area (Å²) in [6, 6.07) is 8.11. The van der Waals surface area contributed by atoms with Crippen LogP contribution in [0, 0.1) is 10.1 Å². The summed E-state index contributed by atoms with van der Waals surface area (Å²) >= 11 is 0. The van der Waals surface area contributed by atoms with Gasteiger partial charge in [0.25, 0.3) is 11.2 Å². The van der Waals surface area contributed by atoms with Gasteiger partial charge in [0.2, 0.25) is 0 Å². The largest absolute Gasteiger partial charge is 0.383 e. The van der Waals surface area contributed by atoms with Crippen LogP contribution in [0.25, 0.3) is 0 Å².